The van der Waals surface area contributed by atoms with Crippen LogP contribution in [-0.4, -0.2) is 87.7 Å². The molecule has 0 aromatic carbocycles. The van der Waals surface area contributed by atoms with Crippen molar-refractivity contribution in [2.75, 3.05) is 17.8 Å². The molecule has 0 rings (SSSR count). The monoisotopic (exact) mass is 495 g/mol. The molecule has 0 saturated carbocycles. The van der Waals surface area contributed by atoms with E-state index in [1.165, 1.54) is 11.8 Å². The Morgan fingerprint density at radius 3 is 1.91 bits per heavy atom. The number of carbonyl (C=O) groups is 6. The zero-order valence-corrected chi connectivity index (χ0v) is 19.1. The Morgan fingerprint density at radius 2 is 1.44 bits per heavy atom. The van der Waals surface area contributed by atoms with E-state index in [0.29, 0.717) is 5.75 Å². The van der Waals surface area contributed by atoms with E-state index in [1.807, 2.05) is 0 Å². The number of nitrogens with one attached hydrogen (secondary N) is 3. The fourth-order valence-corrected chi connectivity index (χ4v) is 3.09. The summed E-state index contributed by atoms with van der Waals surface area (Å²) in [5, 5.41) is 24.9. The third-order valence-electron chi connectivity index (χ3n) is 4.08. The highest BCUT2D eigenvalue weighted by atomic mass is 32.2. The van der Waals surface area contributed by atoms with Crippen LogP contribution in [0.15, 0.2) is 0 Å². The van der Waals surface area contributed by atoms with Crippen molar-refractivity contribution in [3.63, 3.8) is 0 Å². The van der Waals surface area contributed by atoms with Crippen molar-refractivity contribution in [1.82, 2.24) is 16.0 Å². The Labute approximate surface area is 194 Å². The van der Waals surface area contributed by atoms with Crippen LogP contribution >= 0.6 is 24.4 Å². The SMILES string of the molecule is CSCCC(NC(=O)C(CS)NC(=O)C(N)CC(N)=O)C(=O)NC(CCC(=O)O)C(=O)O. The van der Waals surface area contributed by atoms with Crippen LogP contribution in [0.5, 0.6) is 0 Å². The van der Waals surface area contributed by atoms with Gasteiger partial charge in [-0.15, -0.1) is 0 Å². The lowest BCUT2D eigenvalue weighted by Gasteiger charge is -2.24. The zero-order valence-electron chi connectivity index (χ0n) is 17.4. The van der Waals surface area contributed by atoms with E-state index in [4.69, 9.17) is 16.6 Å². The smallest absolute Gasteiger partial charge is 0.326 e. The molecular weight excluding hydrogens is 466 g/mol. The molecule has 4 unspecified atom stereocenters. The summed E-state index contributed by atoms with van der Waals surface area (Å²) in [6, 6.07) is -5.08. The fraction of sp³-hybridized carbons (Fsp3) is 0.647. The largest absolute Gasteiger partial charge is 0.481 e. The topological polar surface area (TPSA) is 231 Å². The quantitative estimate of drug-likeness (QED) is 0.103. The molecule has 0 aliphatic heterocycles. The van der Waals surface area contributed by atoms with Crippen molar-refractivity contribution in [3.05, 3.63) is 0 Å². The van der Waals surface area contributed by atoms with Gasteiger partial charge >= 0.3 is 11.9 Å². The maximum absolute atomic E-state index is 12.6. The minimum absolute atomic E-state index is 0.137. The lowest BCUT2D eigenvalue weighted by Crippen LogP contribution is -2.58. The maximum Gasteiger partial charge on any atom is 0.326 e. The molecule has 0 fully saturated rings. The van der Waals surface area contributed by atoms with Crippen molar-refractivity contribution < 1.29 is 39.0 Å². The summed E-state index contributed by atoms with van der Waals surface area (Å²) in [7, 11) is 0. The van der Waals surface area contributed by atoms with Gasteiger partial charge in [0.05, 0.1) is 12.5 Å². The van der Waals surface area contributed by atoms with E-state index < -0.39 is 72.6 Å². The third kappa shape index (κ3) is 11.8. The van der Waals surface area contributed by atoms with Crippen molar-refractivity contribution in [2.24, 2.45) is 11.5 Å². The molecule has 0 aromatic rings. The molecule has 13 nitrogen and oxygen atoms in total. The van der Waals surface area contributed by atoms with Gasteiger partial charge in [-0.05, 0) is 24.9 Å². The predicted octanol–water partition coefficient (Wildman–Crippen LogP) is -2.72. The number of rotatable bonds is 16. The summed E-state index contributed by atoms with van der Waals surface area (Å²) in [5.41, 5.74) is 10.5. The molecule has 32 heavy (non-hydrogen) atoms. The van der Waals surface area contributed by atoms with E-state index >= 15 is 0 Å². The Balaban J connectivity index is 5.23. The number of primary amides is 1. The van der Waals surface area contributed by atoms with Gasteiger partial charge in [-0.2, -0.15) is 24.4 Å². The lowest BCUT2D eigenvalue weighted by molar-refractivity contribution is -0.143. The molecule has 15 heteroatoms. The molecule has 0 heterocycles. The fourth-order valence-electron chi connectivity index (χ4n) is 2.36. The second-order valence-corrected chi connectivity index (χ2v) is 8.05. The van der Waals surface area contributed by atoms with E-state index in [9.17, 15) is 33.9 Å². The van der Waals surface area contributed by atoms with E-state index in [1.54, 1.807) is 6.26 Å². The molecule has 0 spiro atoms. The van der Waals surface area contributed by atoms with E-state index in [0.717, 1.165) is 0 Å². The molecule has 182 valence electrons. The molecule has 0 aromatic heterocycles. The molecule has 0 aliphatic rings. The molecule has 0 saturated heterocycles. The number of thiol groups is 1. The van der Waals surface area contributed by atoms with Gasteiger partial charge in [-0.25, -0.2) is 4.79 Å². The van der Waals surface area contributed by atoms with Crippen LogP contribution in [0.3, 0.4) is 0 Å². The Kier molecular flexibility index (Phi) is 14.1. The number of carbonyl (C=O) groups excluding carboxylic acids is 4. The van der Waals surface area contributed by atoms with Crippen molar-refractivity contribution in [1.29, 1.82) is 0 Å². The van der Waals surface area contributed by atoms with E-state index in [-0.39, 0.29) is 18.6 Å². The molecule has 4 amide bonds. The number of hydrogen-bond donors (Lipinski definition) is 8. The lowest BCUT2D eigenvalue weighted by atomic mass is 10.1. The van der Waals surface area contributed by atoms with Gasteiger partial charge in [0.25, 0.3) is 0 Å². The summed E-state index contributed by atoms with van der Waals surface area (Å²) in [6.07, 6.45) is 0.655. The van der Waals surface area contributed by atoms with Gasteiger partial charge in [-0.1, -0.05) is 0 Å². The van der Waals surface area contributed by atoms with Crippen LogP contribution in [0, 0.1) is 0 Å². The van der Waals surface area contributed by atoms with Gasteiger partial charge < -0.3 is 37.6 Å². The minimum atomic E-state index is -1.46. The van der Waals surface area contributed by atoms with Gasteiger partial charge in [0.1, 0.15) is 18.1 Å². The highest BCUT2D eigenvalue weighted by Gasteiger charge is 2.30. The standard InChI is InChI=1S/C17H29N5O8S2/c1-32-5-4-9(15(27)21-10(17(29)30)2-3-13(24)25)20-16(28)11(7-31)22-14(26)8(18)6-12(19)23/h8-11,31H,2-7,18H2,1H3,(H2,19,23)(H,20,28)(H,21,27)(H,22,26)(H,24,25)(H,29,30). The summed E-state index contributed by atoms with van der Waals surface area (Å²) < 4.78 is 0. The molecule has 4 atom stereocenters. The van der Waals surface area contributed by atoms with Gasteiger partial charge in [0, 0.05) is 12.2 Å². The highest BCUT2D eigenvalue weighted by Crippen LogP contribution is 2.05. The minimum Gasteiger partial charge on any atom is -0.481 e. The Bertz CT molecular complexity index is 708. The number of aliphatic carboxylic acids is 2. The van der Waals surface area contributed by atoms with Gasteiger partial charge in [-0.3, -0.25) is 24.0 Å². The Morgan fingerprint density at radius 1 is 0.906 bits per heavy atom. The highest BCUT2D eigenvalue weighted by molar-refractivity contribution is 7.98. The molecule has 0 bridgehead atoms. The first kappa shape index (κ1) is 29.5. The van der Waals surface area contributed by atoms with Crippen LogP contribution in [0.25, 0.3) is 0 Å². The second-order valence-electron chi connectivity index (χ2n) is 6.70. The predicted molar refractivity (Wildman–Crippen MR) is 119 cm³/mol. The number of carboxylic acids is 2. The first-order valence-corrected chi connectivity index (χ1v) is 11.4. The Hall–Kier alpha value is -2.52. The second kappa shape index (κ2) is 15.3. The van der Waals surface area contributed by atoms with Gasteiger partial charge in [0.15, 0.2) is 0 Å². The number of carboxylic acid groups (broad SMARTS) is 2. The third-order valence-corrected chi connectivity index (χ3v) is 5.09. The van der Waals surface area contributed by atoms with Crippen molar-refractivity contribution in [3.8, 4) is 0 Å². The van der Waals surface area contributed by atoms with Crippen LogP contribution in [0.2, 0.25) is 0 Å². The van der Waals surface area contributed by atoms with Crippen LogP contribution < -0.4 is 27.4 Å². The summed E-state index contributed by atoms with van der Waals surface area (Å²) in [4.78, 5) is 70.1. The summed E-state index contributed by atoms with van der Waals surface area (Å²) in [6.45, 7) is 0. The number of hydrogen-bond acceptors (Lipinski definition) is 9. The molecular formula is C17H29N5O8S2. The maximum atomic E-state index is 12.6. The van der Waals surface area contributed by atoms with Crippen molar-refractivity contribution >= 4 is 60.0 Å². The first-order chi connectivity index (χ1) is 14.9. The van der Waals surface area contributed by atoms with Crippen LogP contribution in [-0.2, 0) is 28.8 Å². The molecule has 9 N–H and O–H groups in total. The van der Waals surface area contributed by atoms with E-state index in [2.05, 4.69) is 28.6 Å². The number of thioether (sulfide) groups is 1. The number of nitrogens with two attached hydrogens (primary N) is 2. The molecule has 0 radical (unpaired) electrons. The molecule has 0 aliphatic carbocycles. The van der Waals surface area contributed by atoms with Gasteiger partial charge in [0.2, 0.25) is 23.6 Å². The van der Waals surface area contributed by atoms with Crippen molar-refractivity contribution in [2.45, 2.75) is 49.9 Å². The van der Waals surface area contributed by atoms with Crippen LogP contribution in [0.1, 0.15) is 25.7 Å². The van der Waals surface area contributed by atoms with Crippen LogP contribution in [0.4, 0.5) is 0 Å². The first-order valence-electron chi connectivity index (χ1n) is 9.42. The summed E-state index contributed by atoms with van der Waals surface area (Å²) >= 11 is 5.37. The number of amides is 4. The zero-order chi connectivity index (χ0) is 24.8. The normalized spacial score (nSPS) is 14.3. The summed E-state index contributed by atoms with van der Waals surface area (Å²) in [5.74, 6) is -5.58. The average molecular weight is 496 g/mol. The average Bonchev–Trinajstić information content (AvgIpc) is 2.70.